The molecule has 1 aromatic rings. The van der Waals surface area contributed by atoms with E-state index in [1.165, 1.54) is 19.2 Å². The summed E-state index contributed by atoms with van der Waals surface area (Å²) in [5.74, 6) is -0.463. The number of nitrogens with zero attached hydrogens (tertiary/aromatic N) is 2. The summed E-state index contributed by atoms with van der Waals surface area (Å²) in [6.07, 6.45) is 0. The zero-order chi connectivity index (χ0) is 12.3. The van der Waals surface area contributed by atoms with Crippen LogP contribution in [0.4, 0.5) is 11.4 Å². The number of benzene rings is 1. The van der Waals surface area contributed by atoms with E-state index >= 15 is 0 Å². The normalized spacial score (nSPS) is 9.69. The monoisotopic (exact) mass is 223 g/mol. The molecule has 0 aliphatic rings. The van der Waals surface area contributed by atoms with Crippen LogP contribution in [0.15, 0.2) is 18.2 Å². The molecule has 0 fully saturated rings. The number of hydrogen-bond acceptors (Lipinski definition) is 4. The molecule has 0 saturated carbocycles. The van der Waals surface area contributed by atoms with E-state index in [2.05, 4.69) is 5.32 Å². The highest BCUT2D eigenvalue weighted by atomic mass is 16.6. The molecule has 6 nitrogen and oxygen atoms in total. The quantitative estimate of drug-likeness (QED) is 0.613. The summed E-state index contributed by atoms with van der Waals surface area (Å²) < 4.78 is 0. The van der Waals surface area contributed by atoms with Gasteiger partial charge in [0.1, 0.15) is 5.56 Å². The Bertz CT molecular complexity index is 429. The van der Waals surface area contributed by atoms with E-state index in [-0.39, 0.29) is 11.3 Å². The summed E-state index contributed by atoms with van der Waals surface area (Å²) in [6, 6.07) is 4.43. The second-order valence-corrected chi connectivity index (χ2v) is 3.43. The Kier molecular flexibility index (Phi) is 3.44. The van der Waals surface area contributed by atoms with Crippen LogP contribution in [-0.2, 0) is 0 Å². The number of nitro groups is 1. The van der Waals surface area contributed by atoms with Crippen molar-refractivity contribution in [1.82, 2.24) is 5.32 Å². The summed E-state index contributed by atoms with van der Waals surface area (Å²) in [6.45, 7) is 0. The minimum absolute atomic E-state index is 0.0682. The highest BCUT2D eigenvalue weighted by Gasteiger charge is 2.19. The zero-order valence-corrected chi connectivity index (χ0v) is 9.35. The summed E-state index contributed by atoms with van der Waals surface area (Å²) in [4.78, 5) is 23.4. The Hall–Kier alpha value is -2.11. The first-order valence-corrected chi connectivity index (χ1v) is 4.65. The van der Waals surface area contributed by atoms with E-state index in [1.807, 2.05) is 0 Å². The summed E-state index contributed by atoms with van der Waals surface area (Å²) in [5, 5.41) is 13.1. The molecule has 0 aliphatic carbocycles. The fraction of sp³-hybridized carbons (Fsp3) is 0.300. The maximum atomic E-state index is 11.5. The van der Waals surface area contributed by atoms with E-state index in [0.29, 0.717) is 0 Å². The van der Waals surface area contributed by atoms with Crippen LogP contribution >= 0.6 is 0 Å². The molecule has 0 heterocycles. The highest BCUT2D eigenvalue weighted by Crippen LogP contribution is 2.23. The molecule has 0 unspecified atom stereocenters. The maximum Gasteiger partial charge on any atom is 0.282 e. The molecule has 0 aromatic heterocycles. The predicted octanol–water partition coefficient (Wildman–Crippen LogP) is 1.02. The van der Waals surface area contributed by atoms with E-state index < -0.39 is 10.8 Å². The van der Waals surface area contributed by atoms with Crippen molar-refractivity contribution in [1.29, 1.82) is 0 Å². The Morgan fingerprint density at radius 2 is 2.06 bits per heavy atom. The number of rotatable bonds is 3. The third kappa shape index (κ3) is 2.28. The number of nitrogens with one attached hydrogen (secondary N) is 1. The first-order valence-electron chi connectivity index (χ1n) is 4.65. The van der Waals surface area contributed by atoms with E-state index in [9.17, 15) is 14.9 Å². The van der Waals surface area contributed by atoms with Gasteiger partial charge in [0.15, 0.2) is 0 Å². The molecule has 0 saturated heterocycles. The van der Waals surface area contributed by atoms with Crippen molar-refractivity contribution >= 4 is 17.3 Å². The molecule has 0 spiro atoms. The second-order valence-electron chi connectivity index (χ2n) is 3.43. The fourth-order valence-electron chi connectivity index (χ4n) is 1.28. The third-order valence-corrected chi connectivity index (χ3v) is 2.16. The van der Waals surface area contributed by atoms with Crippen molar-refractivity contribution in [3.05, 3.63) is 33.9 Å². The van der Waals surface area contributed by atoms with E-state index in [4.69, 9.17) is 0 Å². The number of amides is 1. The van der Waals surface area contributed by atoms with Gasteiger partial charge in [-0.25, -0.2) is 0 Å². The van der Waals surface area contributed by atoms with Crippen molar-refractivity contribution in [3.63, 3.8) is 0 Å². The third-order valence-electron chi connectivity index (χ3n) is 2.16. The second kappa shape index (κ2) is 4.61. The van der Waals surface area contributed by atoms with Crippen LogP contribution in [0, 0.1) is 10.1 Å². The summed E-state index contributed by atoms with van der Waals surface area (Å²) >= 11 is 0. The number of carbonyl (C=O) groups excluding carboxylic acids is 1. The van der Waals surface area contributed by atoms with Crippen molar-refractivity contribution in [3.8, 4) is 0 Å². The minimum Gasteiger partial charge on any atom is -0.378 e. The van der Waals surface area contributed by atoms with Gasteiger partial charge in [0.05, 0.1) is 4.92 Å². The molecule has 1 N–H and O–H groups in total. The average molecular weight is 223 g/mol. The Morgan fingerprint density at radius 1 is 1.44 bits per heavy atom. The first-order chi connectivity index (χ1) is 7.47. The number of carbonyl (C=O) groups is 1. The molecule has 6 heteroatoms. The Balaban J connectivity index is 3.32. The maximum absolute atomic E-state index is 11.5. The molecule has 16 heavy (non-hydrogen) atoms. The van der Waals surface area contributed by atoms with Gasteiger partial charge >= 0.3 is 0 Å². The van der Waals surface area contributed by atoms with Gasteiger partial charge in [0, 0.05) is 32.9 Å². The van der Waals surface area contributed by atoms with Crippen LogP contribution in [0.1, 0.15) is 10.4 Å². The van der Waals surface area contributed by atoms with Crippen molar-refractivity contribution in [2.45, 2.75) is 0 Å². The van der Waals surface area contributed by atoms with Gasteiger partial charge in [0.25, 0.3) is 11.6 Å². The molecule has 1 aromatic carbocycles. The Morgan fingerprint density at radius 3 is 2.50 bits per heavy atom. The van der Waals surface area contributed by atoms with Crippen molar-refractivity contribution in [2.24, 2.45) is 0 Å². The van der Waals surface area contributed by atoms with Crippen LogP contribution in [0.25, 0.3) is 0 Å². The van der Waals surface area contributed by atoms with Crippen LogP contribution in [0.5, 0.6) is 0 Å². The molecule has 0 atom stereocenters. The van der Waals surface area contributed by atoms with Gasteiger partial charge < -0.3 is 10.2 Å². The van der Waals surface area contributed by atoms with Gasteiger partial charge in [0.2, 0.25) is 0 Å². The lowest BCUT2D eigenvalue weighted by atomic mass is 10.1. The van der Waals surface area contributed by atoms with Crippen LogP contribution < -0.4 is 10.2 Å². The predicted molar refractivity (Wildman–Crippen MR) is 60.8 cm³/mol. The zero-order valence-electron chi connectivity index (χ0n) is 9.35. The largest absolute Gasteiger partial charge is 0.378 e. The van der Waals surface area contributed by atoms with Crippen LogP contribution in [0.2, 0.25) is 0 Å². The van der Waals surface area contributed by atoms with Gasteiger partial charge in [-0.2, -0.15) is 0 Å². The average Bonchev–Trinajstić information content (AvgIpc) is 2.26. The molecule has 0 bridgehead atoms. The SMILES string of the molecule is CNC(=O)c1cc(N(C)C)ccc1[N+](=O)[O-]. The van der Waals surface area contributed by atoms with Crippen LogP contribution in [-0.4, -0.2) is 32.0 Å². The first kappa shape index (κ1) is 12.0. The standard InChI is InChI=1S/C10H13N3O3/c1-11-10(14)8-6-7(12(2)3)4-5-9(8)13(15)16/h4-6H,1-3H3,(H,11,14). The van der Waals surface area contributed by atoms with Gasteiger partial charge in [-0.15, -0.1) is 0 Å². The smallest absolute Gasteiger partial charge is 0.282 e. The molecular formula is C10H13N3O3. The lowest BCUT2D eigenvalue weighted by molar-refractivity contribution is -0.385. The Labute approximate surface area is 93.0 Å². The van der Waals surface area contributed by atoms with E-state index in [0.717, 1.165) is 5.69 Å². The minimum atomic E-state index is -0.565. The molecule has 0 aliphatic heterocycles. The lowest BCUT2D eigenvalue weighted by Gasteiger charge is -2.13. The van der Waals surface area contributed by atoms with Gasteiger partial charge in [-0.05, 0) is 12.1 Å². The lowest BCUT2D eigenvalue weighted by Crippen LogP contribution is -2.20. The highest BCUT2D eigenvalue weighted by molar-refractivity contribution is 5.98. The van der Waals surface area contributed by atoms with Crippen molar-refractivity contribution < 1.29 is 9.72 Å². The van der Waals surface area contributed by atoms with Crippen LogP contribution in [0.3, 0.4) is 0 Å². The summed E-state index contributed by atoms with van der Waals surface area (Å²) in [5.41, 5.74) is 0.618. The topological polar surface area (TPSA) is 75.5 Å². The molecule has 0 radical (unpaired) electrons. The van der Waals surface area contributed by atoms with Gasteiger partial charge in [-0.3, -0.25) is 14.9 Å². The molecule has 1 amide bonds. The fourth-order valence-corrected chi connectivity index (χ4v) is 1.28. The number of hydrogen-bond donors (Lipinski definition) is 1. The summed E-state index contributed by atoms with van der Waals surface area (Å²) in [7, 11) is 5.04. The molecule has 1 rings (SSSR count). The molecular weight excluding hydrogens is 210 g/mol. The number of nitro benzene ring substituents is 1. The molecule has 86 valence electrons. The number of anilines is 1. The van der Waals surface area contributed by atoms with E-state index in [1.54, 1.807) is 25.1 Å². The van der Waals surface area contributed by atoms with Gasteiger partial charge in [-0.1, -0.05) is 0 Å². The van der Waals surface area contributed by atoms with Crippen molar-refractivity contribution in [2.75, 3.05) is 26.0 Å².